The van der Waals surface area contributed by atoms with Gasteiger partial charge in [0.05, 0.1) is 0 Å². The molecule has 2 heterocycles. The summed E-state index contributed by atoms with van der Waals surface area (Å²) in [6, 6.07) is 0.105. The number of piperazine rings is 1. The van der Waals surface area contributed by atoms with Gasteiger partial charge in [-0.3, -0.25) is 4.79 Å². The first-order chi connectivity index (χ1) is 11.6. The van der Waals surface area contributed by atoms with E-state index in [1.54, 1.807) is 0 Å². The lowest BCUT2D eigenvalue weighted by Crippen LogP contribution is -2.54. The molecule has 2 aliphatic heterocycles. The summed E-state index contributed by atoms with van der Waals surface area (Å²) in [5, 5.41) is 3.43. The molecule has 0 bridgehead atoms. The predicted molar refractivity (Wildman–Crippen MR) is 95.8 cm³/mol. The Morgan fingerprint density at radius 1 is 1.12 bits per heavy atom. The molecule has 0 saturated carbocycles. The fourth-order valence-corrected chi connectivity index (χ4v) is 3.78. The molecule has 2 fully saturated rings. The number of rotatable bonds is 5. The summed E-state index contributed by atoms with van der Waals surface area (Å²) in [7, 11) is 0. The highest BCUT2D eigenvalue weighted by Gasteiger charge is 2.28. The number of nitrogens with zero attached hydrogens (tertiary/aromatic N) is 3. The van der Waals surface area contributed by atoms with Crippen LogP contribution in [0.25, 0.3) is 0 Å². The van der Waals surface area contributed by atoms with Gasteiger partial charge in [-0.05, 0) is 51.6 Å². The summed E-state index contributed by atoms with van der Waals surface area (Å²) in [5.41, 5.74) is 0. The summed E-state index contributed by atoms with van der Waals surface area (Å²) in [4.78, 5) is 30.6. The molecular formula is C18H34N4O2. The Morgan fingerprint density at radius 3 is 2.29 bits per heavy atom. The average Bonchev–Trinajstić information content (AvgIpc) is 2.63. The average molecular weight is 338 g/mol. The van der Waals surface area contributed by atoms with E-state index in [4.69, 9.17) is 0 Å². The molecule has 2 aliphatic rings. The SMILES string of the molecule is CCN(CC)C(=O)N1CCN(C(=O)CC(C)C2CCCNC2)CC1. The van der Waals surface area contributed by atoms with Gasteiger partial charge in [0.2, 0.25) is 5.91 Å². The van der Waals surface area contributed by atoms with Gasteiger partial charge in [0.25, 0.3) is 0 Å². The molecule has 6 heteroatoms. The molecule has 2 unspecified atom stereocenters. The third kappa shape index (κ3) is 4.85. The summed E-state index contributed by atoms with van der Waals surface area (Å²) in [6.45, 7) is 12.5. The largest absolute Gasteiger partial charge is 0.339 e. The smallest absolute Gasteiger partial charge is 0.320 e. The van der Waals surface area contributed by atoms with Gasteiger partial charge >= 0.3 is 6.03 Å². The second-order valence-electron chi connectivity index (χ2n) is 7.11. The van der Waals surface area contributed by atoms with Crippen LogP contribution in [0.4, 0.5) is 4.79 Å². The maximum atomic E-state index is 12.6. The predicted octanol–water partition coefficient (Wildman–Crippen LogP) is 1.62. The van der Waals surface area contributed by atoms with E-state index in [0.29, 0.717) is 44.4 Å². The Hall–Kier alpha value is -1.30. The molecule has 0 aromatic rings. The van der Waals surface area contributed by atoms with E-state index in [2.05, 4.69) is 12.2 Å². The van der Waals surface area contributed by atoms with Crippen molar-refractivity contribution in [3.63, 3.8) is 0 Å². The topological polar surface area (TPSA) is 55.9 Å². The molecule has 1 N–H and O–H groups in total. The molecular weight excluding hydrogens is 304 g/mol. The van der Waals surface area contributed by atoms with E-state index in [0.717, 1.165) is 26.2 Å². The van der Waals surface area contributed by atoms with Crippen molar-refractivity contribution in [2.75, 3.05) is 52.4 Å². The monoisotopic (exact) mass is 338 g/mol. The van der Waals surface area contributed by atoms with Crippen LogP contribution in [0.15, 0.2) is 0 Å². The van der Waals surface area contributed by atoms with Gasteiger partial charge in [-0.1, -0.05) is 6.92 Å². The fraction of sp³-hybridized carbons (Fsp3) is 0.889. The van der Waals surface area contributed by atoms with Crippen molar-refractivity contribution in [3.8, 4) is 0 Å². The molecule has 0 aliphatic carbocycles. The summed E-state index contributed by atoms with van der Waals surface area (Å²) < 4.78 is 0. The van der Waals surface area contributed by atoms with Crippen LogP contribution in [0.5, 0.6) is 0 Å². The highest BCUT2D eigenvalue weighted by molar-refractivity contribution is 5.78. The zero-order valence-corrected chi connectivity index (χ0v) is 15.6. The van der Waals surface area contributed by atoms with Crippen molar-refractivity contribution in [1.82, 2.24) is 20.0 Å². The molecule has 0 aromatic carbocycles. The van der Waals surface area contributed by atoms with Gasteiger partial charge in [0, 0.05) is 45.7 Å². The molecule has 6 nitrogen and oxygen atoms in total. The number of hydrogen-bond donors (Lipinski definition) is 1. The Kier molecular flexibility index (Phi) is 7.34. The van der Waals surface area contributed by atoms with Crippen LogP contribution >= 0.6 is 0 Å². The van der Waals surface area contributed by atoms with Gasteiger partial charge < -0.3 is 20.0 Å². The van der Waals surface area contributed by atoms with Crippen LogP contribution in [0.3, 0.4) is 0 Å². The van der Waals surface area contributed by atoms with Crippen LogP contribution in [-0.4, -0.2) is 79.0 Å². The van der Waals surface area contributed by atoms with Gasteiger partial charge in [-0.25, -0.2) is 4.79 Å². The molecule has 138 valence electrons. The van der Waals surface area contributed by atoms with Crippen molar-refractivity contribution in [2.45, 2.75) is 40.0 Å². The minimum absolute atomic E-state index is 0.105. The van der Waals surface area contributed by atoms with E-state index in [1.165, 1.54) is 12.8 Å². The van der Waals surface area contributed by atoms with Crippen LogP contribution in [0.2, 0.25) is 0 Å². The van der Waals surface area contributed by atoms with Crippen LogP contribution in [0.1, 0.15) is 40.0 Å². The van der Waals surface area contributed by atoms with Crippen molar-refractivity contribution >= 4 is 11.9 Å². The lowest BCUT2D eigenvalue weighted by atomic mass is 9.85. The number of carbonyl (C=O) groups excluding carboxylic acids is 2. The van der Waals surface area contributed by atoms with Crippen molar-refractivity contribution < 1.29 is 9.59 Å². The van der Waals surface area contributed by atoms with Crippen LogP contribution < -0.4 is 5.32 Å². The molecule has 24 heavy (non-hydrogen) atoms. The van der Waals surface area contributed by atoms with Crippen LogP contribution in [0, 0.1) is 11.8 Å². The number of carbonyl (C=O) groups is 2. The first kappa shape index (κ1) is 19.0. The molecule has 0 aromatic heterocycles. The minimum Gasteiger partial charge on any atom is -0.339 e. The maximum absolute atomic E-state index is 12.6. The summed E-state index contributed by atoms with van der Waals surface area (Å²) in [5.74, 6) is 1.30. The van der Waals surface area contributed by atoms with Gasteiger partial charge in [0.15, 0.2) is 0 Å². The lowest BCUT2D eigenvalue weighted by Gasteiger charge is -2.38. The molecule has 0 spiro atoms. The standard InChI is InChI=1S/C18H34N4O2/c1-4-20(5-2)18(24)22-11-9-21(10-12-22)17(23)13-15(3)16-7-6-8-19-14-16/h15-16,19H,4-14H2,1-3H3. The number of amides is 3. The van der Waals surface area contributed by atoms with E-state index < -0.39 is 0 Å². The lowest BCUT2D eigenvalue weighted by molar-refractivity contribution is -0.134. The van der Waals surface area contributed by atoms with Gasteiger partial charge in [0.1, 0.15) is 0 Å². The van der Waals surface area contributed by atoms with Crippen molar-refractivity contribution in [3.05, 3.63) is 0 Å². The van der Waals surface area contributed by atoms with Crippen molar-refractivity contribution in [2.24, 2.45) is 11.8 Å². The summed E-state index contributed by atoms with van der Waals surface area (Å²) in [6.07, 6.45) is 3.08. The number of piperidine rings is 1. The van der Waals surface area contributed by atoms with E-state index in [1.807, 2.05) is 28.5 Å². The second kappa shape index (κ2) is 9.25. The normalized spacial score (nSPS) is 23.0. The molecule has 2 atom stereocenters. The highest BCUT2D eigenvalue weighted by atomic mass is 16.2. The molecule has 2 rings (SSSR count). The quantitative estimate of drug-likeness (QED) is 0.829. The second-order valence-corrected chi connectivity index (χ2v) is 7.11. The Labute approximate surface area is 146 Å². The Balaban J connectivity index is 1.76. The minimum atomic E-state index is 0.105. The first-order valence-corrected chi connectivity index (χ1v) is 9.59. The molecule has 0 radical (unpaired) electrons. The Morgan fingerprint density at radius 2 is 1.75 bits per heavy atom. The van der Waals surface area contributed by atoms with Crippen LogP contribution in [-0.2, 0) is 4.79 Å². The third-order valence-electron chi connectivity index (χ3n) is 5.57. The fourth-order valence-electron chi connectivity index (χ4n) is 3.78. The first-order valence-electron chi connectivity index (χ1n) is 9.59. The van der Waals surface area contributed by atoms with E-state index in [-0.39, 0.29) is 11.9 Å². The number of nitrogens with one attached hydrogen (secondary N) is 1. The number of urea groups is 1. The Bertz CT molecular complexity index is 411. The highest BCUT2D eigenvalue weighted by Crippen LogP contribution is 2.23. The number of hydrogen-bond acceptors (Lipinski definition) is 3. The summed E-state index contributed by atoms with van der Waals surface area (Å²) >= 11 is 0. The van der Waals surface area contributed by atoms with E-state index in [9.17, 15) is 9.59 Å². The third-order valence-corrected chi connectivity index (χ3v) is 5.57. The maximum Gasteiger partial charge on any atom is 0.320 e. The van der Waals surface area contributed by atoms with Gasteiger partial charge in [-0.15, -0.1) is 0 Å². The van der Waals surface area contributed by atoms with Gasteiger partial charge in [-0.2, -0.15) is 0 Å². The van der Waals surface area contributed by atoms with Crippen molar-refractivity contribution in [1.29, 1.82) is 0 Å². The zero-order valence-electron chi connectivity index (χ0n) is 15.6. The zero-order chi connectivity index (χ0) is 17.5. The van der Waals surface area contributed by atoms with E-state index >= 15 is 0 Å². The molecule has 3 amide bonds. The molecule has 2 saturated heterocycles.